The molecule has 0 unspecified atom stereocenters. The summed E-state index contributed by atoms with van der Waals surface area (Å²) in [5.41, 5.74) is 1.60. The van der Waals surface area contributed by atoms with Crippen molar-refractivity contribution in [2.24, 2.45) is 0 Å². The van der Waals surface area contributed by atoms with Gasteiger partial charge in [-0.05, 0) is 36.1 Å². The molecule has 0 spiro atoms. The van der Waals surface area contributed by atoms with Crippen molar-refractivity contribution in [2.75, 3.05) is 0 Å². The molecular weight excluding hydrogens is 313 g/mol. The lowest BCUT2D eigenvalue weighted by Crippen LogP contribution is -2.41. The average Bonchev–Trinajstić information content (AvgIpc) is 2.59. The van der Waals surface area contributed by atoms with Crippen LogP contribution in [-0.2, 0) is 22.6 Å². The van der Waals surface area contributed by atoms with E-state index in [4.69, 9.17) is 4.74 Å². The van der Waals surface area contributed by atoms with Gasteiger partial charge in [-0.3, -0.25) is 0 Å². The Balaban J connectivity index is 1.82. The first kappa shape index (κ1) is 17.5. The zero-order chi connectivity index (χ0) is 17.4. The fourth-order valence-electron chi connectivity index (χ4n) is 2.13. The van der Waals surface area contributed by atoms with Crippen molar-refractivity contribution in [3.05, 3.63) is 71.5 Å². The Hall–Kier alpha value is -2.89. The van der Waals surface area contributed by atoms with Gasteiger partial charge in [0.15, 0.2) is 0 Å². The number of carboxylic acids is 1. The van der Waals surface area contributed by atoms with Gasteiger partial charge in [-0.15, -0.1) is 0 Å². The lowest BCUT2D eigenvalue weighted by Gasteiger charge is -2.14. The molecule has 0 heterocycles. The standard InChI is InChI=1S/C18H18FNO4/c19-15-9-6-13(7-10-15)8-11-16(17(21)22)20-18(23)24-12-14-4-2-1-3-5-14/h1-7,9-10,16H,8,11-12H2,(H,20,23)(H,21,22)/t16-/m0/s1. The van der Waals surface area contributed by atoms with Crippen LogP contribution in [0.4, 0.5) is 9.18 Å². The first-order valence-corrected chi connectivity index (χ1v) is 7.49. The maximum Gasteiger partial charge on any atom is 0.408 e. The summed E-state index contributed by atoms with van der Waals surface area (Å²) >= 11 is 0. The van der Waals surface area contributed by atoms with Crippen molar-refractivity contribution in [1.82, 2.24) is 5.32 Å². The van der Waals surface area contributed by atoms with Crippen molar-refractivity contribution in [3.8, 4) is 0 Å². The number of rotatable bonds is 7. The molecule has 2 aromatic rings. The monoisotopic (exact) mass is 331 g/mol. The van der Waals surface area contributed by atoms with Gasteiger partial charge >= 0.3 is 12.1 Å². The van der Waals surface area contributed by atoms with E-state index in [-0.39, 0.29) is 18.8 Å². The van der Waals surface area contributed by atoms with Gasteiger partial charge in [-0.25, -0.2) is 14.0 Å². The number of alkyl carbamates (subject to hydrolysis) is 1. The molecule has 1 atom stereocenters. The zero-order valence-electron chi connectivity index (χ0n) is 12.9. The number of carboxylic acid groups (broad SMARTS) is 1. The lowest BCUT2D eigenvalue weighted by atomic mass is 10.1. The summed E-state index contributed by atoms with van der Waals surface area (Å²) in [7, 11) is 0. The van der Waals surface area contributed by atoms with E-state index < -0.39 is 18.1 Å². The van der Waals surface area contributed by atoms with Gasteiger partial charge in [0.1, 0.15) is 18.5 Å². The number of hydrogen-bond donors (Lipinski definition) is 2. The minimum Gasteiger partial charge on any atom is -0.480 e. The fraction of sp³-hybridized carbons (Fsp3) is 0.222. The second-order valence-electron chi connectivity index (χ2n) is 5.26. The van der Waals surface area contributed by atoms with E-state index in [2.05, 4.69) is 5.32 Å². The number of carbonyl (C=O) groups is 2. The van der Waals surface area contributed by atoms with E-state index in [0.717, 1.165) is 11.1 Å². The van der Waals surface area contributed by atoms with Crippen LogP contribution in [0.2, 0.25) is 0 Å². The van der Waals surface area contributed by atoms with Crippen LogP contribution >= 0.6 is 0 Å². The average molecular weight is 331 g/mol. The third kappa shape index (κ3) is 5.72. The Morgan fingerprint density at radius 1 is 1.04 bits per heavy atom. The van der Waals surface area contributed by atoms with Gasteiger partial charge in [0.25, 0.3) is 0 Å². The van der Waals surface area contributed by atoms with Crippen LogP contribution in [0, 0.1) is 5.82 Å². The largest absolute Gasteiger partial charge is 0.480 e. The van der Waals surface area contributed by atoms with Gasteiger partial charge in [-0.1, -0.05) is 42.5 Å². The molecule has 0 saturated carbocycles. The number of aryl methyl sites for hydroxylation is 1. The Kier molecular flexibility index (Phi) is 6.31. The van der Waals surface area contributed by atoms with Crippen LogP contribution in [0.25, 0.3) is 0 Å². The molecule has 126 valence electrons. The highest BCUT2D eigenvalue weighted by molar-refractivity contribution is 5.79. The van der Waals surface area contributed by atoms with Gasteiger partial charge < -0.3 is 15.2 Å². The second-order valence-corrected chi connectivity index (χ2v) is 5.26. The van der Waals surface area contributed by atoms with Crippen LogP contribution < -0.4 is 5.32 Å². The van der Waals surface area contributed by atoms with E-state index in [9.17, 15) is 19.1 Å². The molecule has 0 saturated heterocycles. The summed E-state index contributed by atoms with van der Waals surface area (Å²) < 4.78 is 17.9. The zero-order valence-corrected chi connectivity index (χ0v) is 12.9. The second kappa shape index (κ2) is 8.67. The Morgan fingerprint density at radius 3 is 2.33 bits per heavy atom. The molecule has 2 N–H and O–H groups in total. The highest BCUT2D eigenvalue weighted by Gasteiger charge is 2.20. The molecule has 2 rings (SSSR count). The Morgan fingerprint density at radius 2 is 1.71 bits per heavy atom. The Bertz CT molecular complexity index is 673. The Labute approximate surface area is 139 Å². The smallest absolute Gasteiger partial charge is 0.408 e. The third-order valence-electron chi connectivity index (χ3n) is 3.44. The molecular formula is C18H18FNO4. The predicted molar refractivity (Wildman–Crippen MR) is 85.9 cm³/mol. The van der Waals surface area contributed by atoms with E-state index in [1.165, 1.54) is 12.1 Å². The number of halogens is 1. The van der Waals surface area contributed by atoms with Crippen LogP contribution in [-0.4, -0.2) is 23.2 Å². The molecule has 0 aliphatic rings. The molecule has 0 fully saturated rings. The number of ether oxygens (including phenoxy) is 1. The van der Waals surface area contributed by atoms with Gasteiger partial charge in [-0.2, -0.15) is 0 Å². The summed E-state index contributed by atoms with van der Waals surface area (Å²) in [5, 5.41) is 11.5. The summed E-state index contributed by atoms with van der Waals surface area (Å²) in [5.74, 6) is -1.50. The van der Waals surface area contributed by atoms with E-state index in [1.54, 1.807) is 24.3 Å². The molecule has 2 aromatic carbocycles. The number of amides is 1. The SMILES string of the molecule is O=C(N[C@@H](CCc1ccc(F)cc1)C(=O)O)OCc1ccccc1. The third-order valence-corrected chi connectivity index (χ3v) is 3.44. The quantitative estimate of drug-likeness (QED) is 0.817. The number of aliphatic carboxylic acids is 1. The molecule has 0 aliphatic heterocycles. The lowest BCUT2D eigenvalue weighted by molar-refractivity contribution is -0.139. The van der Waals surface area contributed by atoms with Gasteiger partial charge in [0.05, 0.1) is 0 Å². The van der Waals surface area contributed by atoms with E-state index >= 15 is 0 Å². The molecule has 0 aliphatic carbocycles. The minimum atomic E-state index is -1.14. The maximum atomic E-state index is 12.8. The van der Waals surface area contributed by atoms with Crippen molar-refractivity contribution in [2.45, 2.75) is 25.5 Å². The van der Waals surface area contributed by atoms with Crippen molar-refractivity contribution in [3.63, 3.8) is 0 Å². The number of benzene rings is 2. The van der Waals surface area contributed by atoms with E-state index in [1.807, 2.05) is 18.2 Å². The van der Waals surface area contributed by atoms with Crippen molar-refractivity contribution < 1.29 is 23.8 Å². The number of nitrogens with one attached hydrogen (secondary N) is 1. The van der Waals surface area contributed by atoms with Crippen molar-refractivity contribution in [1.29, 1.82) is 0 Å². The highest BCUT2D eigenvalue weighted by Crippen LogP contribution is 2.08. The van der Waals surface area contributed by atoms with E-state index in [0.29, 0.717) is 6.42 Å². The molecule has 0 aromatic heterocycles. The number of hydrogen-bond acceptors (Lipinski definition) is 3. The first-order chi connectivity index (χ1) is 11.5. The summed E-state index contributed by atoms with van der Waals surface area (Å²) in [6.07, 6.45) is -0.206. The predicted octanol–water partition coefficient (Wildman–Crippen LogP) is 3.14. The molecule has 5 nitrogen and oxygen atoms in total. The molecule has 1 amide bonds. The number of carbonyl (C=O) groups excluding carboxylic acids is 1. The summed E-state index contributed by atoms with van der Waals surface area (Å²) in [6, 6.07) is 13.8. The fourth-order valence-corrected chi connectivity index (χ4v) is 2.13. The van der Waals surface area contributed by atoms with Gasteiger partial charge in [0.2, 0.25) is 0 Å². The summed E-state index contributed by atoms with van der Waals surface area (Å²) in [6.45, 7) is 0.0664. The van der Waals surface area contributed by atoms with Crippen molar-refractivity contribution >= 4 is 12.1 Å². The molecule has 24 heavy (non-hydrogen) atoms. The van der Waals surface area contributed by atoms with Gasteiger partial charge in [0, 0.05) is 0 Å². The van der Waals surface area contributed by atoms with Crippen LogP contribution in [0.15, 0.2) is 54.6 Å². The highest BCUT2D eigenvalue weighted by atomic mass is 19.1. The summed E-state index contributed by atoms with van der Waals surface area (Å²) in [4.78, 5) is 23.0. The molecule has 0 radical (unpaired) electrons. The van der Waals surface area contributed by atoms with Crippen LogP contribution in [0.3, 0.4) is 0 Å². The minimum absolute atomic E-state index is 0.0664. The van der Waals surface area contributed by atoms with Crippen LogP contribution in [0.1, 0.15) is 17.5 Å². The maximum absolute atomic E-state index is 12.8. The van der Waals surface area contributed by atoms with Crippen LogP contribution in [0.5, 0.6) is 0 Å². The molecule has 0 bridgehead atoms. The molecule has 6 heteroatoms. The normalized spacial score (nSPS) is 11.5. The topological polar surface area (TPSA) is 75.6 Å². The first-order valence-electron chi connectivity index (χ1n) is 7.49.